The van der Waals surface area contributed by atoms with Gasteiger partial charge in [0.15, 0.2) is 0 Å². The quantitative estimate of drug-likeness (QED) is 0.779. The molecule has 4 rings (SSSR count). The van der Waals surface area contributed by atoms with Gasteiger partial charge in [0.1, 0.15) is 23.6 Å². The predicted octanol–water partition coefficient (Wildman–Crippen LogP) is 2.86. The first-order chi connectivity index (χ1) is 10.9. The highest BCUT2D eigenvalue weighted by Crippen LogP contribution is 2.54. The molecule has 2 fully saturated rings. The Bertz CT molecular complexity index is 720. The van der Waals surface area contributed by atoms with Gasteiger partial charge in [-0.25, -0.2) is 8.42 Å². The van der Waals surface area contributed by atoms with Crippen LogP contribution in [0.4, 0.5) is 0 Å². The van der Waals surface area contributed by atoms with Gasteiger partial charge in [-0.2, -0.15) is 4.31 Å². The standard InChI is InChI=1S/C17H23NO4S/c1-17(2)16-15(21-16)13-11-12(7-8-14(13)22-17)23(19,20)18-9-5-3-4-6-10-18/h7-8,11,15-16H,3-6,9-10H2,1-2H3/t15-,16-/m0/s1. The van der Waals surface area contributed by atoms with Gasteiger partial charge in [0.05, 0.1) is 4.90 Å². The maximum absolute atomic E-state index is 12.9. The van der Waals surface area contributed by atoms with E-state index in [1.165, 1.54) is 0 Å². The molecule has 0 N–H and O–H groups in total. The summed E-state index contributed by atoms with van der Waals surface area (Å²) in [7, 11) is -3.43. The summed E-state index contributed by atoms with van der Waals surface area (Å²) in [6.45, 7) is 5.24. The van der Waals surface area contributed by atoms with E-state index in [9.17, 15) is 8.42 Å². The molecule has 0 aromatic heterocycles. The summed E-state index contributed by atoms with van der Waals surface area (Å²) in [5.41, 5.74) is 0.508. The minimum Gasteiger partial charge on any atom is -0.485 e. The highest BCUT2D eigenvalue weighted by atomic mass is 32.2. The molecule has 0 amide bonds. The SMILES string of the molecule is CC1(C)Oc2ccc(S(=O)(=O)N3CCCCCC3)cc2[C@@H]2O[C@@H]21. The van der Waals surface area contributed by atoms with Crippen molar-refractivity contribution in [3.05, 3.63) is 23.8 Å². The first kappa shape index (κ1) is 15.4. The van der Waals surface area contributed by atoms with Crippen molar-refractivity contribution >= 4 is 10.0 Å². The summed E-state index contributed by atoms with van der Waals surface area (Å²) in [6.07, 6.45) is 4.08. The minimum atomic E-state index is -3.43. The fraction of sp³-hybridized carbons (Fsp3) is 0.647. The largest absolute Gasteiger partial charge is 0.485 e. The summed E-state index contributed by atoms with van der Waals surface area (Å²) in [4.78, 5) is 0.357. The number of nitrogens with zero attached hydrogens (tertiary/aromatic N) is 1. The number of ether oxygens (including phenoxy) is 2. The Morgan fingerprint density at radius 3 is 2.52 bits per heavy atom. The Hall–Kier alpha value is -1.11. The third-order valence-electron chi connectivity index (χ3n) is 5.04. The number of benzene rings is 1. The van der Waals surface area contributed by atoms with E-state index in [1.807, 2.05) is 13.8 Å². The Labute approximate surface area is 137 Å². The molecule has 23 heavy (non-hydrogen) atoms. The van der Waals surface area contributed by atoms with Crippen LogP contribution in [0.25, 0.3) is 0 Å². The molecular formula is C17H23NO4S. The molecule has 6 heteroatoms. The first-order valence-corrected chi connectivity index (χ1v) is 9.82. The number of hydrogen-bond donors (Lipinski definition) is 0. The summed E-state index contributed by atoms with van der Waals surface area (Å²) in [5, 5.41) is 0. The van der Waals surface area contributed by atoms with Gasteiger partial charge in [-0.3, -0.25) is 0 Å². The molecule has 0 spiro atoms. The van der Waals surface area contributed by atoms with Crippen LogP contribution >= 0.6 is 0 Å². The van der Waals surface area contributed by atoms with Crippen molar-refractivity contribution in [2.45, 2.75) is 62.2 Å². The molecular weight excluding hydrogens is 314 g/mol. The molecule has 1 aromatic carbocycles. The first-order valence-electron chi connectivity index (χ1n) is 8.38. The summed E-state index contributed by atoms with van der Waals surface area (Å²) in [6, 6.07) is 5.19. The van der Waals surface area contributed by atoms with Gasteiger partial charge in [-0.05, 0) is 44.9 Å². The molecule has 0 aliphatic carbocycles. The molecule has 126 valence electrons. The molecule has 3 heterocycles. The van der Waals surface area contributed by atoms with Crippen LogP contribution < -0.4 is 4.74 Å². The van der Waals surface area contributed by atoms with Crippen molar-refractivity contribution in [1.82, 2.24) is 4.31 Å². The molecule has 0 radical (unpaired) electrons. The zero-order valence-electron chi connectivity index (χ0n) is 13.6. The van der Waals surface area contributed by atoms with E-state index < -0.39 is 10.0 Å². The summed E-state index contributed by atoms with van der Waals surface area (Å²) >= 11 is 0. The lowest BCUT2D eigenvalue weighted by atomic mass is 9.94. The second-order valence-electron chi connectivity index (χ2n) is 7.20. The van der Waals surface area contributed by atoms with Gasteiger partial charge in [0.2, 0.25) is 10.0 Å². The normalized spacial score (nSPS) is 29.8. The van der Waals surface area contributed by atoms with Crippen LogP contribution in [-0.2, 0) is 14.8 Å². The summed E-state index contributed by atoms with van der Waals surface area (Å²) in [5.74, 6) is 0.739. The Balaban J connectivity index is 1.67. The Morgan fingerprint density at radius 2 is 1.83 bits per heavy atom. The van der Waals surface area contributed by atoms with Gasteiger partial charge in [-0.1, -0.05) is 12.8 Å². The second kappa shape index (κ2) is 5.19. The van der Waals surface area contributed by atoms with Crippen LogP contribution in [0.2, 0.25) is 0 Å². The Kier molecular flexibility index (Phi) is 3.48. The zero-order chi connectivity index (χ0) is 16.2. The van der Waals surface area contributed by atoms with Crippen LogP contribution in [0.5, 0.6) is 5.75 Å². The van der Waals surface area contributed by atoms with Crippen LogP contribution in [0, 0.1) is 0 Å². The average molecular weight is 337 g/mol. The van der Waals surface area contributed by atoms with E-state index in [-0.39, 0.29) is 17.8 Å². The monoisotopic (exact) mass is 337 g/mol. The van der Waals surface area contributed by atoms with E-state index in [0.717, 1.165) is 37.0 Å². The van der Waals surface area contributed by atoms with Crippen LogP contribution in [0.15, 0.2) is 23.1 Å². The predicted molar refractivity (Wildman–Crippen MR) is 86.0 cm³/mol. The number of fused-ring (bicyclic) bond motifs is 3. The molecule has 2 saturated heterocycles. The van der Waals surface area contributed by atoms with Gasteiger partial charge in [-0.15, -0.1) is 0 Å². The number of rotatable bonds is 2. The minimum absolute atomic E-state index is 0.0196. The smallest absolute Gasteiger partial charge is 0.243 e. The molecule has 0 unspecified atom stereocenters. The maximum Gasteiger partial charge on any atom is 0.243 e. The molecule has 3 aliphatic rings. The van der Waals surface area contributed by atoms with E-state index in [1.54, 1.807) is 22.5 Å². The molecule has 2 atom stereocenters. The zero-order valence-corrected chi connectivity index (χ0v) is 14.4. The number of sulfonamides is 1. The third kappa shape index (κ3) is 2.57. The van der Waals surface area contributed by atoms with Crippen molar-refractivity contribution in [2.24, 2.45) is 0 Å². The average Bonchev–Trinajstić information content (AvgIpc) is 3.31. The van der Waals surface area contributed by atoms with E-state index in [4.69, 9.17) is 9.47 Å². The molecule has 5 nitrogen and oxygen atoms in total. The van der Waals surface area contributed by atoms with Crippen molar-refractivity contribution in [2.75, 3.05) is 13.1 Å². The third-order valence-corrected chi connectivity index (χ3v) is 6.93. The Morgan fingerprint density at radius 1 is 1.13 bits per heavy atom. The van der Waals surface area contributed by atoms with Gasteiger partial charge in [0.25, 0.3) is 0 Å². The van der Waals surface area contributed by atoms with Crippen molar-refractivity contribution in [1.29, 1.82) is 0 Å². The highest BCUT2D eigenvalue weighted by Gasteiger charge is 2.56. The lowest BCUT2D eigenvalue weighted by molar-refractivity contribution is 0.0724. The molecule has 0 bridgehead atoms. The molecule has 0 saturated carbocycles. The lowest BCUT2D eigenvalue weighted by Gasteiger charge is -2.30. The lowest BCUT2D eigenvalue weighted by Crippen LogP contribution is -2.38. The van der Waals surface area contributed by atoms with E-state index in [0.29, 0.717) is 18.0 Å². The van der Waals surface area contributed by atoms with Crippen LogP contribution in [-0.4, -0.2) is 37.5 Å². The van der Waals surface area contributed by atoms with Crippen LogP contribution in [0.1, 0.15) is 51.2 Å². The number of hydrogen-bond acceptors (Lipinski definition) is 4. The van der Waals surface area contributed by atoms with Gasteiger partial charge >= 0.3 is 0 Å². The maximum atomic E-state index is 12.9. The number of epoxide rings is 1. The van der Waals surface area contributed by atoms with Crippen molar-refractivity contribution in [3.63, 3.8) is 0 Å². The molecule has 3 aliphatic heterocycles. The van der Waals surface area contributed by atoms with Crippen molar-refractivity contribution in [3.8, 4) is 5.75 Å². The highest BCUT2D eigenvalue weighted by molar-refractivity contribution is 7.89. The van der Waals surface area contributed by atoms with E-state index in [2.05, 4.69) is 0 Å². The second-order valence-corrected chi connectivity index (χ2v) is 9.14. The van der Waals surface area contributed by atoms with Crippen molar-refractivity contribution < 1.29 is 17.9 Å². The van der Waals surface area contributed by atoms with E-state index >= 15 is 0 Å². The molecule has 1 aromatic rings. The fourth-order valence-corrected chi connectivity index (χ4v) is 5.21. The summed E-state index contributed by atoms with van der Waals surface area (Å²) < 4.78 is 39.2. The van der Waals surface area contributed by atoms with Gasteiger partial charge < -0.3 is 9.47 Å². The van der Waals surface area contributed by atoms with Crippen LogP contribution in [0.3, 0.4) is 0 Å². The fourth-order valence-electron chi connectivity index (χ4n) is 3.65. The van der Waals surface area contributed by atoms with Gasteiger partial charge in [0, 0.05) is 18.7 Å². The topological polar surface area (TPSA) is 59.1 Å².